The van der Waals surface area contributed by atoms with Crippen LogP contribution in [0.2, 0.25) is 0 Å². The number of benzene rings is 1. The molecule has 0 aliphatic carbocycles. The molecule has 1 aromatic carbocycles. The molecule has 3 heterocycles. The normalized spacial score (nSPS) is 14.5. The quantitative estimate of drug-likeness (QED) is 0.720. The van der Waals surface area contributed by atoms with Crippen LogP contribution < -0.4 is 4.90 Å². The molecule has 7 nitrogen and oxygen atoms in total. The average Bonchev–Trinajstić information content (AvgIpc) is 3.28. The highest BCUT2D eigenvalue weighted by molar-refractivity contribution is 7.14. The van der Waals surface area contributed by atoms with E-state index in [-0.39, 0.29) is 12.4 Å². The molecule has 0 unspecified atom stereocenters. The summed E-state index contributed by atoms with van der Waals surface area (Å²) in [5.41, 5.74) is 2.95. The van der Waals surface area contributed by atoms with Gasteiger partial charge in [-0.25, -0.2) is 9.67 Å². The molecule has 120 valence electrons. The first-order valence-electron chi connectivity index (χ1n) is 7.02. The maximum Gasteiger partial charge on any atom is 0.186 e. The van der Waals surface area contributed by atoms with Crippen LogP contribution in [0.15, 0.2) is 36.0 Å². The third kappa shape index (κ3) is 3.34. The van der Waals surface area contributed by atoms with Crippen molar-refractivity contribution in [2.75, 3.05) is 31.2 Å². The van der Waals surface area contributed by atoms with Gasteiger partial charge in [0.1, 0.15) is 6.33 Å². The molecular weight excluding hydrogens is 336 g/mol. The van der Waals surface area contributed by atoms with E-state index in [9.17, 15) is 0 Å². The summed E-state index contributed by atoms with van der Waals surface area (Å²) in [4.78, 5) is 7.02. The predicted molar refractivity (Wildman–Crippen MR) is 90.5 cm³/mol. The molecule has 0 spiro atoms. The Morgan fingerprint density at radius 3 is 2.83 bits per heavy atom. The van der Waals surface area contributed by atoms with E-state index in [1.165, 1.54) is 0 Å². The van der Waals surface area contributed by atoms with Crippen molar-refractivity contribution in [3.8, 4) is 16.9 Å². The Kier molecular flexibility index (Phi) is 4.85. The summed E-state index contributed by atoms with van der Waals surface area (Å²) in [6, 6.07) is 8.04. The molecule has 2 aromatic heterocycles. The van der Waals surface area contributed by atoms with Gasteiger partial charge in [-0.2, -0.15) is 0 Å². The van der Waals surface area contributed by atoms with E-state index in [2.05, 4.69) is 25.8 Å². The number of rotatable bonds is 3. The number of hydrogen-bond donors (Lipinski definition) is 0. The molecule has 1 aliphatic rings. The molecule has 0 N–H and O–H groups in total. The summed E-state index contributed by atoms with van der Waals surface area (Å²) in [7, 11) is 0. The molecular formula is C14H15ClN6OS. The van der Waals surface area contributed by atoms with E-state index >= 15 is 0 Å². The van der Waals surface area contributed by atoms with Gasteiger partial charge in [-0.05, 0) is 22.6 Å². The number of nitrogens with zero attached hydrogens (tertiary/aromatic N) is 6. The highest BCUT2D eigenvalue weighted by atomic mass is 35.5. The highest BCUT2D eigenvalue weighted by Crippen LogP contribution is 2.28. The van der Waals surface area contributed by atoms with Crippen LogP contribution in [0.3, 0.4) is 0 Å². The van der Waals surface area contributed by atoms with E-state index in [1.54, 1.807) is 22.3 Å². The molecule has 3 aromatic rings. The van der Waals surface area contributed by atoms with Crippen LogP contribution in [0.5, 0.6) is 0 Å². The summed E-state index contributed by atoms with van der Waals surface area (Å²) in [6.07, 6.45) is 1.58. The first-order chi connectivity index (χ1) is 10.9. The Morgan fingerprint density at radius 1 is 1.17 bits per heavy atom. The Balaban J connectivity index is 0.00000156. The fraction of sp³-hybridized carbons (Fsp3) is 0.286. The second kappa shape index (κ2) is 7.03. The van der Waals surface area contributed by atoms with E-state index in [0.29, 0.717) is 0 Å². The van der Waals surface area contributed by atoms with Crippen LogP contribution in [0.25, 0.3) is 16.9 Å². The fourth-order valence-electron chi connectivity index (χ4n) is 2.38. The molecule has 9 heteroatoms. The second-order valence-electron chi connectivity index (χ2n) is 4.92. The Bertz CT molecular complexity index is 756. The zero-order valence-corrected chi connectivity index (χ0v) is 13.8. The minimum Gasteiger partial charge on any atom is -0.378 e. The van der Waals surface area contributed by atoms with Gasteiger partial charge in [0.25, 0.3) is 0 Å². The van der Waals surface area contributed by atoms with Gasteiger partial charge < -0.3 is 9.64 Å². The van der Waals surface area contributed by atoms with E-state index in [1.807, 2.05) is 24.3 Å². The van der Waals surface area contributed by atoms with E-state index < -0.39 is 0 Å². The number of halogens is 1. The molecule has 0 saturated carbocycles. The number of ether oxygens (including phenoxy) is 1. The molecule has 1 fully saturated rings. The first-order valence-corrected chi connectivity index (χ1v) is 7.90. The van der Waals surface area contributed by atoms with Crippen molar-refractivity contribution in [1.29, 1.82) is 0 Å². The molecule has 1 aliphatic heterocycles. The Morgan fingerprint density at radius 2 is 2.04 bits per heavy atom. The minimum atomic E-state index is 0. The number of thiazole rings is 1. The molecule has 0 bridgehead atoms. The van der Waals surface area contributed by atoms with Crippen molar-refractivity contribution in [2.24, 2.45) is 0 Å². The lowest BCUT2D eigenvalue weighted by molar-refractivity contribution is 0.122. The summed E-state index contributed by atoms with van der Waals surface area (Å²) in [5, 5.41) is 14.4. The van der Waals surface area contributed by atoms with Crippen molar-refractivity contribution in [3.05, 3.63) is 36.0 Å². The van der Waals surface area contributed by atoms with E-state index in [4.69, 9.17) is 9.72 Å². The van der Waals surface area contributed by atoms with Crippen LogP contribution in [0, 0.1) is 0 Å². The van der Waals surface area contributed by atoms with Crippen LogP contribution in [0.1, 0.15) is 0 Å². The summed E-state index contributed by atoms with van der Waals surface area (Å²) in [6.45, 7) is 3.34. The van der Waals surface area contributed by atoms with Crippen molar-refractivity contribution in [1.82, 2.24) is 25.2 Å². The molecule has 0 radical (unpaired) electrons. The third-order valence-corrected chi connectivity index (χ3v) is 4.43. The third-order valence-electron chi connectivity index (χ3n) is 3.53. The largest absolute Gasteiger partial charge is 0.378 e. The number of morpholine rings is 1. The van der Waals surface area contributed by atoms with E-state index in [0.717, 1.165) is 48.4 Å². The molecule has 0 amide bonds. The van der Waals surface area contributed by atoms with Gasteiger partial charge in [0.2, 0.25) is 0 Å². The van der Waals surface area contributed by atoms with Crippen molar-refractivity contribution < 1.29 is 4.74 Å². The zero-order chi connectivity index (χ0) is 14.8. The van der Waals surface area contributed by atoms with Gasteiger partial charge in [0.05, 0.1) is 24.6 Å². The second-order valence-corrected chi connectivity index (χ2v) is 5.76. The van der Waals surface area contributed by atoms with Gasteiger partial charge in [0, 0.05) is 24.0 Å². The lowest BCUT2D eigenvalue weighted by Gasteiger charge is -2.26. The smallest absolute Gasteiger partial charge is 0.186 e. The van der Waals surface area contributed by atoms with Gasteiger partial charge in [-0.1, -0.05) is 12.1 Å². The molecule has 23 heavy (non-hydrogen) atoms. The van der Waals surface area contributed by atoms with Crippen LogP contribution in [-0.2, 0) is 4.74 Å². The van der Waals surface area contributed by atoms with Crippen LogP contribution in [0.4, 0.5) is 5.13 Å². The lowest BCUT2D eigenvalue weighted by Crippen LogP contribution is -2.36. The van der Waals surface area contributed by atoms with Crippen LogP contribution in [-0.4, -0.2) is 51.5 Å². The minimum absolute atomic E-state index is 0. The maximum atomic E-state index is 5.38. The first kappa shape index (κ1) is 15.9. The van der Waals surface area contributed by atoms with Crippen LogP contribution >= 0.6 is 23.7 Å². The van der Waals surface area contributed by atoms with Crippen molar-refractivity contribution in [3.63, 3.8) is 0 Å². The highest BCUT2D eigenvalue weighted by Gasteiger charge is 2.15. The standard InChI is InChI=1S/C14H14N6OS.ClH/c1-2-11(8-12(3-1)20-10-15-17-18-20)13-9-22-14(16-13)19-4-6-21-7-5-19;/h1-3,8-10H,4-7H2;1H. The summed E-state index contributed by atoms with van der Waals surface area (Å²) < 4.78 is 7.02. The van der Waals surface area contributed by atoms with Crippen molar-refractivity contribution in [2.45, 2.75) is 0 Å². The van der Waals surface area contributed by atoms with Crippen molar-refractivity contribution >= 4 is 28.9 Å². The fourth-order valence-corrected chi connectivity index (χ4v) is 3.27. The maximum absolute atomic E-state index is 5.38. The molecule has 1 saturated heterocycles. The predicted octanol–water partition coefficient (Wildman–Crippen LogP) is 2.04. The SMILES string of the molecule is Cl.c1cc(-c2csc(N3CCOCC3)n2)cc(-n2cnnn2)c1. The average molecular weight is 351 g/mol. The number of aromatic nitrogens is 5. The molecule has 0 atom stereocenters. The van der Waals surface area contributed by atoms with Gasteiger partial charge in [-0.3, -0.25) is 0 Å². The zero-order valence-electron chi connectivity index (χ0n) is 12.2. The summed E-state index contributed by atoms with van der Waals surface area (Å²) in [5.74, 6) is 0. The van der Waals surface area contributed by atoms with Gasteiger partial charge in [-0.15, -0.1) is 28.8 Å². The monoisotopic (exact) mass is 350 g/mol. The topological polar surface area (TPSA) is 69.0 Å². The number of tetrazole rings is 1. The van der Waals surface area contributed by atoms with Gasteiger partial charge in [0.15, 0.2) is 5.13 Å². The number of anilines is 1. The summed E-state index contributed by atoms with van der Waals surface area (Å²) >= 11 is 1.67. The Hall–Kier alpha value is -2.03. The molecule has 4 rings (SSSR count). The Labute approximate surface area is 143 Å². The lowest BCUT2D eigenvalue weighted by atomic mass is 10.1. The van der Waals surface area contributed by atoms with Gasteiger partial charge >= 0.3 is 0 Å². The number of hydrogen-bond acceptors (Lipinski definition) is 7.